The number of nitrogens with zero attached hydrogens (tertiary/aromatic N) is 1. The van der Waals surface area contributed by atoms with E-state index in [0.717, 1.165) is 16.1 Å². The molecule has 0 aliphatic rings. The molecule has 1 unspecified atom stereocenters. The minimum absolute atomic E-state index is 0.509. The first-order valence-corrected chi connectivity index (χ1v) is 6.41. The van der Waals surface area contributed by atoms with Crippen LogP contribution in [0.15, 0.2) is 36.4 Å². The van der Waals surface area contributed by atoms with Crippen molar-refractivity contribution in [1.82, 2.24) is 0 Å². The van der Waals surface area contributed by atoms with Crippen LogP contribution in [0.3, 0.4) is 0 Å². The van der Waals surface area contributed by atoms with E-state index in [1.807, 2.05) is 55.4 Å². The zero-order valence-electron chi connectivity index (χ0n) is 10.3. The molecule has 0 fully saturated rings. The van der Waals surface area contributed by atoms with Gasteiger partial charge < -0.3 is 10.0 Å². The summed E-state index contributed by atoms with van der Waals surface area (Å²) in [5.41, 5.74) is 2.08. The van der Waals surface area contributed by atoms with E-state index in [9.17, 15) is 5.11 Å². The smallest absolute Gasteiger partial charge is 0.113 e. The molecule has 0 radical (unpaired) electrons. The number of aliphatic hydroxyl groups excluding tert-OH is 1. The van der Waals surface area contributed by atoms with E-state index in [4.69, 9.17) is 0 Å². The molecule has 0 saturated heterocycles. The van der Waals surface area contributed by atoms with Gasteiger partial charge in [-0.1, -0.05) is 12.1 Å². The molecule has 0 aliphatic heterocycles. The van der Waals surface area contributed by atoms with Gasteiger partial charge in [-0.2, -0.15) is 0 Å². The van der Waals surface area contributed by atoms with Gasteiger partial charge in [0.2, 0.25) is 0 Å². The van der Waals surface area contributed by atoms with Crippen LogP contribution in [0.4, 0.5) is 5.69 Å². The summed E-state index contributed by atoms with van der Waals surface area (Å²) in [7, 11) is 4.02. The molecule has 0 aliphatic carbocycles. The summed E-state index contributed by atoms with van der Waals surface area (Å²) in [6, 6.07) is 12.0. The van der Waals surface area contributed by atoms with Crippen molar-refractivity contribution in [2.75, 3.05) is 19.0 Å². The third-order valence-electron chi connectivity index (χ3n) is 2.76. The standard InChI is InChI=1S/C14H17NOS/c1-10-4-9-13(17-10)14(16)11-5-7-12(8-6-11)15(2)3/h4-9,14,16H,1-3H3. The zero-order chi connectivity index (χ0) is 12.4. The van der Waals surface area contributed by atoms with Gasteiger partial charge >= 0.3 is 0 Å². The van der Waals surface area contributed by atoms with Crippen molar-refractivity contribution in [3.05, 3.63) is 51.7 Å². The zero-order valence-corrected chi connectivity index (χ0v) is 11.2. The van der Waals surface area contributed by atoms with Gasteiger partial charge in [0.1, 0.15) is 6.10 Å². The van der Waals surface area contributed by atoms with Gasteiger partial charge in [-0.15, -0.1) is 11.3 Å². The van der Waals surface area contributed by atoms with Gasteiger partial charge in [0.15, 0.2) is 0 Å². The SMILES string of the molecule is Cc1ccc(C(O)c2ccc(N(C)C)cc2)s1. The lowest BCUT2D eigenvalue weighted by Gasteiger charge is -2.14. The minimum atomic E-state index is -0.509. The highest BCUT2D eigenvalue weighted by molar-refractivity contribution is 7.12. The summed E-state index contributed by atoms with van der Waals surface area (Å²) in [4.78, 5) is 4.27. The fourth-order valence-corrected chi connectivity index (χ4v) is 2.61. The maximum Gasteiger partial charge on any atom is 0.113 e. The van der Waals surface area contributed by atoms with Crippen LogP contribution >= 0.6 is 11.3 Å². The summed E-state index contributed by atoms with van der Waals surface area (Å²) in [6.07, 6.45) is -0.509. The van der Waals surface area contributed by atoms with E-state index < -0.39 is 6.10 Å². The Morgan fingerprint density at radius 3 is 2.18 bits per heavy atom. The lowest BCUT2D eigenvalue weighted by Crippen LogP contribution is -2.08. The average Bonchev–Trinajstić information content (AvgIpc) is 2.75. The monoisotopic (exact) mass is 247 g/mol. The predicted molar refractivity (Wildman–Crippen MR) is 73.9 cm³/mol. The summed E-state index contributed by atoms with van der Waals surface area (Å²) in [5, 5.41) is 10.2. The Morgan fingerprint density at radius 1 is 1.06 bits per heavy atom. The number of benzene rings is 1. The molecule has 1 aromatic carbocycles. The maximum atomic E-state index is 10.2. The Kier molecular flexibility index (Phi) is 3.50. The van der Waals surface area contributed by atoms with Gasteiger partial charge in [-0.3, -0.25) is 0 Å². The van der Waals surface area contributed by atoms with E-state index >= 15 is 0 Å². The van der Waals surface area contributed by atoms with Crippen LogP contribution in [0, 0.1) is 6.92 Å². The molecule has 0 spiro atoms. The number of hydrogen-bond donors (Lipinski definition) is 1. The quantitative estimate of drug-likeness (QED) is 0.900. The van der Waals surface area contributed by atoms with Gasteiger partial charge in [-0.25, -0.2) is 0 Å². The van der Waals surface area contributed by atoms with E-state index in [1.165, 1.54) is 4.88 Å². The van der Waals surface area contributed by atoms with E-state index in [0.29, 0.717) is 0 Å². The third-order valence-corrected chi connectivity index (χ3v) is 3.81. The Labute approximate surface area is 106 Å². The molecule has 1 heterocycles. The number of hydrogen-bond acceptors (Lipinski definition) is 3. The summed E-state index contributed by atoms with van der Waals surface area (Å²) in [5.74, 6) is 0. The average molecular weight is 247 g/mol. The largest absolute Gasteiger partial charge is 0.383 e. The van der Waals surface area contributed by atoms with Crippen molar-refractivity contribution >= 4 is 17.0 Å². The van der Waals surface area contributed by atoms with Crippen LogP contribution in [0.2, 0.25) is 0 Å². The third kappa shape index (κ3) is 2.68. The lowest BCUT2D eigenvalue weighted by atomic mass is 10.1. The molecule has 2 rings (SSSR count). The van der Waals surface area contributed by atoms with Gasteiger partial charge in [0.05, 0.1) is 0 Å². The van der Waals surface area contributed by atoms with Crippen molar-refractivity contribution in [3.8, 4) is 0 Å². The van der Waals surface area contributed by atoms with Gasteiger partial charge in [0.25, 0.3) is 0 Å². The molecule has 0 bridgehead atoms. The van der Waals surface area contributed by atoms with Crippen molar-refractivity contribution in [2.24, 2.45) is 0 Å². The number of anilines is 1. The Morgan fingerprint density at radius 2 is 1.71 bits per heavy atom. The normalized spacial score (nSPS) is 12.5. The second-order valence-corrected chi connectivity index (χ2v) is 5.66. The van der Waals surface area contributed by atoms with Crippen molar-refractivity contribution in [2.45, 2.75) is 13.0 Å². The highest BCUT2D eigenvalue weighted by Crippen LogP contribution is 2.28. The fourth-order valence-electron chi connectivity index (χ4n) is 1.72. The van der Waals surface area contributed by atoms with Crippen LogP contribution in [0.5, 0.6) is 0 Å². The van der Waals surface area contributed by atoms with Crippen LogP contribution in [0.1, 0.15) is 21.4 Å². The van der Waals surface area contributed by atoms with Crippen molar-refractivity contribution in [1.29, 1.82) is 0 Å². The molecular weight excluding hydrogens is 230 g/mol. The molecule has 1 N–H and O–H groups in total. The first kappa shape index (κ1) is 12.1. The van der Waals surface area contributed by atoms with Crippen LogP contribution in [-0.4, -0.2) is 19.2 Å². The molecule has 2 nitrogen and oxygen atoms in total. The van der Waals surface area contributed by atoms with E-state index in [-0.39, 0.29) is 0 Å². The molecule has 2 aromatic rings. The molecule has 0 amide bonds. The minimum Gasteiger partial charge on any atom is -0.383 e. The second kappa shape index (κ2) is 4.90. The highest BCUT2D eigenvalue weighted by atomic mass is 32.1. The van der Waals surface area contributed by atoms with Gasteiger partial charge in [0, 0.05) is 29.5 Å². The Hall–Kier alpha value is -1.32. The van der Waals surface area contributed by atoms with E-state index in [1.54, 1.807) is 11.3 Å². The molecular formula is C14H17NOS. The van der Waals surface area contributed by atoms with Crippen LogP contribution in [-0.2, 0) is 0 Å². The highest BCUT2D eigenvalue weighted by Gasteiger charge is 2.12. The molecule has 90 valence electrons. The molecule has 17 heavy (non-hydrogen) atoms. The van der Waals surface area contributed by atoms with E-state index in [2.05, 4.69) is 6.92 Å². The summed E-state index contributed by atoms with van der Waals surface area (Å²) < 4.78 is 0. The first-order chi connectivity index (χ1) is 8.08. The number of aliphatic hydroxyl groups is 1. The maximum absolute atomic E-state index is 10.2. The Bertz CT molecular complexity index is 487. The number of thiophene rings is 1. The van der Waals surface area contributed by atoms with Crippen LogP contribution < -0.4 is 4.90 Å². The van der Waals surface area contributed by atoms with Crippen LogP contribution in [0.25, 0.3) is 0 Å². The molecule has 1 atom stereocenters. The summed E-state index contributed by atoms with van der Waals surface area (Å²) in [6.45, 7) is 2.05. The van der Waals surface area contributed by atoms with Crippen molar-refractivity contribution in [3.63, 3.8) is 0 Å². The predicted octanol–water partition coefficient (Wildman–Crippen LogP) is 3.20. The second-order valence-electron chi connectivity index (χ2n) is 4.34. The fraction of sp³-hybridized carbons (Fsp3) is 0.286. The van der Waals surface area contributed by atoms with Crippen molar-refractivity contribution < 1.29 is 5.11 Å². The number of rotatable bonds is 3. The van der Waals surface area contributed by atoms with Gasteiger partial charge in [-0.05, 0) is 36.8 Å². The number of aryl methyl sites for hydroxylation is 1. The topological polar surface area (TPSA) is 23.5 Å². The Balaban J connectivity index is 2.22. The molecule has 0 saturated carbocycles. The summed E-state index contributed by atoms with van der Waals surface area (Å²) >= 11 is 1.64. The lowest BCUT2D eigenvalue weighted by molar-refractivity contribution is 0.224. The molecule has 1 aromatic heterocycles. The molecule has 3 heteroatoms. The first-order valence-electron chi connectivity index (χ1n) is 5.59.